The Kier molecular flexibility index (Phi) is 4.48. The summed E-state index contributed by atoms with van der Waals surface area (Å²) in [6.45, 7) is 14.0. The molecule has 0 saturated heterocycles. The lowest BCUT2D eigenvalue weighted by Crippen LogP contribution is -2.39. The Balaban J connectivity index is 2.31. The Morgan fingerprint density at radius 3 is 2.17 bits per heavy atom. The molecular weight excluding hydrogens is 378 g/mol. The Morgan fingerprint density at radius 2 is 1.60 bits per heavy atom. The third-order valence-electron chi connectivity index (χ3n) is 5.22. The van der Waals surface area contributed by atoms with Gasteiger partial charge in [0.15, 0.2) is 0 Å². The molecule has 1 heterocycles. The van der Waals surface area contributed by atoms with Crippen LogP contribution in [0.25, 0.3) is 22.4 Å². The van der Waals surface area contributed by atoms with Gasteiger partial charge in [0.25, 0.3) is 0 Å². The van der Waals surface area contributed by atoms with Crippen LogP contribution in [0, 0.1) is 26.1 Å². The van der Waals surface area contributed by atoms with Crippen LogP contribution >= 0.6 is 0 Å². The Labute approximate surface area is 191 Å². The summed E-state index contributed by atoms with van der Waals surface area (Å²) in [5.74, 6) is 0. The molecule has 0 amide bonds. The molecule has 0 atom stereocenters. The molecule has 0 bridgehead atoms. The number of hydrogen-bond donors (Lipinski definition) is 0. The predicted molar refractivity (Wildman–Crippen MR) is 135 cm³/mol. The van der Waals surface area contributed by atoms with Gasteiger partial charge in [0, 0.05) is 18.6 Å². The molecule has 2 aromatic carbocycles. The van der Waals surface area contributed by atoms with E-state index >= 15 is 0 Å². The second-order valence-corrected chi connectivity index (χ2v) is 15.4. The molecule has 0 aliphatic rings. The summed E-state index contributed by atoms with van der Waals surface area (Å²) >= 11 is 0. The molecular formula is C28H37NSi. The van der Waals surface area contributed by atoms with Crippen molar-refractivity contribution in [1.29, 1.82) is 0 Å². The van der Waals surface area contributed by atoms with Crippen molar-refractivity contribution in [2.75, 3.05) is 0 Å². The van der Waals surface area contributed by atoms with E-state index in [9.17, 15) is 0 Å². The maximum atomic E-state index is 8.70. The van der Waals surface area contributed by atoms with Crippen LogP contribution in [0.3, 0.4) is 0 Å². The minimum atomic E-state index is -2.46. The molecule has 158 valence electrons. The number of nitrogens with zero attached hydrogens (tertiary/aromatic N) is 1. The summed E-state index contributed by atoms with van der Waals surface area (Å²) in [5, 5.41) is 1.35. The maximum absolute atomic E-state index is 8.70. The van der Waals surface area contributed by atoms with Crippen LogP contribution in [-0.2, 0) is 6.37 Å². The summed E-state index contributed by atoms with van der Waals surface area (Å²) in [6.07, 6.45) is -0.425. The zero-order chi connectivity index (χ0) is 26.6. The number of pyridine rings is 1. The molecule has 0 N–H and O–H groups in total. The van der Waals surface area contributed by atoms with Gasteiger partial charge in [-0.05, 0) is 72.4 Å². The second kappa shape index (κ2) is 8.15. The number of aryl methyl sites for hydroxylation is 3. The van der Waals surface area contributed by atoms with E-state index in [1.807, 2.05) is 6.92 Å². The first kappa shape index (κ1) is 16.5. The highest BCUT2D eigenvalue weighted by Gasteiger charge is 2.23. The second-order valence-electron chi connectivity index (χ2n) is 10.3. The largest absolute Gasteiger partial charge is 0.256 e. The molecule has 1 nitrogen and oxygen atoms in total. The van der Waals surface area contributed by atoms with Crippen molar-refractivity contribution >= 4 is 13.3 Å². The molecule has 0 spiro atoms. The van der Waals surface area contributed by atoms with Crippen molar-refractivity contribution in [2.45, 2.75) is 67.5 Å². The van der Waals surface area contributed by atoms with E-state index in [1.165, 1.54) is 16.9 Å². The van der Waals surface area contributed by atoms with Crippen molar-refractivity contribution in [3.63, 3.8) is 0 Å². The van der Waals surface area contributed by atoms with Gasteiger partial charge in [-0.25, -0.2) is 0 Å². The maximum Gasteiger partial charge on any atom is 0.0784 e. The van der Waals surface area contributed by atoms with Crippen molar-refractivity contribution in [2.24, 2.45) is 5.41 Å². The summed E-state index contributed by atoms with van der Waals surface area (Å²) < 4.78 is 41.9. The average Bonchev–Trinajstić information content (AvgIpc) is 2.71. The molecule has 30 heavy (non-hydrogen) atoms. The van der Waals surface area contributed by atoms with E-state index in [1.54, 1.807) is 26.8 Å². The first-order chi connectivity index (χ1) is 15.8. The smallest absolute Gasteiger partial charge is 0.0784 e. The molecule has 3 aromatic rings. The Hall–Kier alpha value is -2.19. The van der Waals surface area contributed by atoms with Crippen LogP contribution in [0.2, 0.25) is 19.6 Å². The number of benzene rings is 2. The highest BCUT2D eigenvalue weighted by atomic mass is 28.3. The van der Waals surface area contributed by atoms with Crippen LogP contribution in [0.5, 0.6) is 0 Å². The summed E-state index contributed by atoms with van der Waals surface area (Å²) in [7, 11) is -1.69. The molecule has 0 unspecified atom stereocenters. The van der Waals surface area contributed by atoms with Gasteiger partial charge in [-0.3, -0.25) is 4.98 Å². The van der Waals surface area contributed by atoms with Crippen LogP contribution in [-0.4, -0.2) is 13.1 Å². The zero-order valence-electron chi connectivity index (χ0n) is 24.6. The third-order valence-corrected chi connectivity index (χ3v) is 7.25. The molecule has 1 aromatic heterocycles. The van der Waals surface area contributed by atoms with Crippen molar-refractivity contribution in [3.05, 3.63) is 70.9 Å². The third kappa shape index (κ3) is 5.10. The van der Waals surface area contributed by atoms with Crippen LogP contribution in [0.15, 0.2) is 48.7 Å². The Bertz CT molecular complexity index is 1230. The minimum Gasteiger partial charge on any atom is -0.256 e. The normalized spacial score (nSPS) is 15.7. The predicted octanol–water partition coefficient (Wildman–Crippen LogP) is 7.47. The van der Waals surface area contributed by atoms with Gasteiger partial charge < -0.3 is 0 Å². The quantitative estimate of drug-likeness (QED) is 0.399. The lowest BCUT2D eigenvalue weighted by atomic mass is 9.87. The van der Waals surface area contributed by atoms with Crippen molar-refractivity contribution in [3.8, 4) is 22.4 Å². The van der Waals surface area contributed by atoms with E-state index in [2.05, 4.69) is 67.9 Å². The van der Waals surface area contributed by atoms with E-state index in [-0.39, 0.29) is 11.1 Å². The SMILES string of the molecule is [2H]C([2H])([2H])c1cc(-c2cc(-c3ccc(C)cc3)c([Si](C)(C)C)cc2C)ncc1C([2H])([2H])C(C)(C)C. The zero-order valence-corrected chi connectivity index (χ0v) is 20.6. The van der Waals surface area contributed by atoms with Gasteiger partial charge in [-0.15, -0.1) is 0 Å². The lowest BCUT2D eigenvalue weighted by molar-refractivity contribution is 0.410. The Morgan fingerprint density at radius 1 is 0.933 bits per heavy atom. The molecule has 0 aliphatic carbocycles. The molecule has 0 aliphatic heterocycles. The standard InChI is InChI=1S/C28H37NSi/c1-19-10-12-22(13-11-19)25-16-24(21(3)15-27(25)30(7,8)9)26-14-20(2)23(18-29-26)17-28(4,5)6/h10-16,18H,17H2,1-9H3/i2D3,17D2. The van der Waals surface area contributed by atoms with E-state index in [0.29, 0.717) is 5.69 Å². The average molecular weight is 421 g/mol. The monoisotopic (exact) mass is 420 g/mol. The van der Waals surface area contributed by atoms with Crippen LogP contribution in [0.1, 0.15) is 49.9 Å². The summed E-state index contributed by atoms with van der Waals surface area (Å²) in [6, 6.07) is 14.4. The topological polar surface area (TPSA) is 12.9 Å². The molecule has 3 rings (SSSR count). The van der Waals surface area contributed by atoms with Gasteiger partial charge in [0.1, 0.15) is 0 Å². The van der Waals surface area contributed by atoms with Gasteiger partial charge >= 0.3 is 0 Å². The summed E-state index contributed by atoms with van der Waals surface area (Å²) in [4.78, 5) is 4.63. The number of rotatable bonds is 4. The fourth-order valence-corrected chi connectivity index (χ4v) is 5.36. The minimum absolute atomic E-state index is 0.0213. The highest BCUT2D eigenvalue weighted by Crippen LogP contribution is 2.31. The number of aromatic nitrogens is 1. The van der Waals surface area contributed by atoms with Gasteiger partial charge in [-0.2, -0.15) is 0 Å². The van der Waals surface area contributed by atoms with Gasteiger partial charge in [0.2, 0.25) is 0 Å². The highest BCUT2D eigenvalue weighted by molar-refractivity contribution is 6.89. The molecule has 2 heteroatoms. The lowest BCUT2D eigenvalue weighted by Gasteiger charge is -2.24. The van der Waals surface area contributed by atoms with E-state index < -0.39 is 26.7 Å². The number of hydrogen-bond acceptors (Lipinski definition) is 1. The van der Waals surface area contributed by atoms with Crippen LogP contribution in [0.4, 0.5) is 0 Å². The molecule has 0 radical (unpaired) electrons. The van der Waals surface area contributed by atoms with E-state index in [0.717, 1.165) is 22.3 Å². The van der Waals surface area contributed by atoms with Crippen LogP contribution < -0.4 is 5.19 Å². The molecule has 0 saturated carbocycles. The first-order valence-corrected chi connectivity index (χ1v) is 14.1. The van der Waals surface area contributed by atoms with Crippen molar-refractivity contribution in [1.82, 2.24) is 4.98 Å². The fourth-order valence-electron chi connectivity index (χ4n) is 3.68. The van der Waals surface area contributed by atoms with E-state index in [4.69, 9.17) is 6.85 Å². The van der Waals surface area contributed by atoms with Gasteiger partial charge in [-0.1, -0.05) is 81.5 Å². The fraction of sp³-hybridized carbons (Fsp3) is 0.393. The summed E-state index contributed by atoms with van der Waals surface area (Å²) in [5.41, 5.74) is 5.30. The van der Waals surface area contributed by atoms with Gasteiger partial charge in [0.05, 0.1) is 13.8 Å². The first-order valence-electron chi connectivity index (χ1n) is 13.1. The van der Waals surface area contributed by atoms with Crippen molar-refractivity contribution < 1.29 is 6.85 Å². The molecule has 0 fully saturated rings.